The molecular weight excluding hydrogens is 422 g/mol. The molecular formula is C24H29N5O4. The number of aromatic nitrogens is 4. The van der Waals surface area contributed by atoms with Crippen LogP contribution in [-0.2, 0) is 14.3 Å². The first-order valence-electron chi connectivity index (χ1n) is 11.8. The number of carbonyl (C=O) groups excluding carboxylic acids is 1. The Balaban J connectivity index is 1.21. The first-order chi connectivity index (χ1) is 15.8. The van der Waals surface area contributed by atoms with Gasteiger partial charge in [-0.1, -0.05) is 5.92 Å². The van der Waals surface area contributed by atoms with E-state index < -0.39 is 17.9 Å². The number of ether oxygens (including phenoxy) is 2. The maximum atomic E-state index is 13.3. The number of hydrogen-bond acceptors (Lipinski definition) is 8. The summed E-state index contributed by atoms with van der Waals surface area (Å²) in [6.45, 7) is 1.57. The molecule has 3 N–H and O–H groups in total. The second-order valence-electron chi connectivity index (χ2n) is 10.6. The Bertz CT molecular complexity index is 1130. The molecule has 3 heterocycles. The average molecular weight is 452 g/mol. The number of aliphatic hydroxyl groups excluding tert-OH is 1. The molecule has 174 valence electrons. The molecule has 4 saturated carbocycles. The van der Waals surface area contributed by atoms with Gasteiger partial charge in [-0.15, -0.1) is 6.42 Å². The van der Waals surface area contributed by atoms with Gasteiger partial charge in [0.1, 0.15) is 30.3 Å². The molecule has 2 aromatic heterocycles. The van der Waals surface area contributed by atoms with Gasteiger partial charge in [0, 0.05) is 6.42 Å². The quantitative estimate of drug-likeness (QED) is 0.535. The van der Waals surface area contributed by atoms with E-state index in [0.717, 1.165) is 19.3 Å². The SMILES string of the molecule is C#C[C@]1(COC(=O)C23CC4CC(CC(C4)C2)C3)O[C@@H](n2cnc3c(N)nc(C)nc32)C[C@@H]1O. The molecule has 0 radical (unpaired) electrons. The van der Waals surface area contributed by atoms with Gasteiger partial charge in [-0.3, -0.25) is 9.36 Å². The molecule has 0 spiro atoms. The molecule has 5 fully saturated rings. The van der Waals surface area contributed by atoms with E-state index in [1.807, 2.05) is 0 Å². The number of nitrogen functional groups attached to an aromatic ring is 1. The molecule has 1 aliphatic heterocycles. The molecule has 4 aliphatic carbocycles. The normalized spacial score (nSPS) is 39.1. The van der Waals surface area contributed by atoms with Crippen LogP contribution in [0.3, 0.4) is 0 Å². The zero-order valence-corrected chi connectivity index (χ0v) is 18.7. The molecule has 0 unspecified atom stereocenters. The number of esters is 1. The van der Waals surface area contributed by atoms with Gasteiger partial charge in [-0.05, 0) is 63.2 Å². The summed E-state index contributed by atoms with van der Waals surface area (Å²) < 4.78 is 13.7. The fourth-order valence-electron chi connectivity index (χ4n) is 7.17. The van der Waals surface area contributed by atoms with Crippen molar-refractivity contribution in [1.82, 2.24) is 19.5 Å². The topological polar surface area (TPSA) is 125 Å². The van der Waals surface area contributed by atoms with E-state index in [0.29, 0.717) is 34.7 Å². The molecule has 3 atom stereocenters. The summed E-state index contributed by atoms with van der Waals surface area (Å²) in [5, 5.41) is 10.9. The monoisotopic (exact) mass is 451 g/mol. The molecule has 33 heavy (non-hydrogen) atoms. The van der Waals surface area contributed by atoms with Crippen molar-refractivity contribution >= 4 is 23.0 Å². The Morgan fingerprint density at radius 2 is 1.94 bits per heavy atom. The van der Waals surface area contributed by atoms with Gasteiger partial charge in [0.25, 0.3) is 0 Å². The van der Waals surface area contributed by atoms with Crippen LogP contribution in [0.25, 0.3) is 11.2 Å². The highest BCUT2D eigenvalue weighted by atomic mass is 16.6. The minimum absolute atomic E-state index is 0.176. The minimum Gasteiger partial charge on any atom is -0.461 e. The van der Waals surface area contributed by atoms with Gasteiger partial charge < -0.3 is 20.3 Å². The lowest BCUT2D eigenvalue weighted by Crippen LogP contribution is -2.52. The smallest absolute Gasteiger partial charge is 0.312 e. The van der Waals surface area contributed by atoms with Crippen molar-refractivity contribution in [3.63, 3.8) is 0 Å². The Morgan fingerprint density at radius 1 is 1.27 bits per heavy atom. The lowest BCUT2D eigenvalue weighted by molar-refractivity contribution is -0.181. The molecule has 7 rings (SSSR count). The number of hydrogen-bond donors (Lipinski definition) is 2. The molecule has 2 aromatic rings. The van der Waals surface area contributed by atoms with Crippen molar-refractivity contribution in [1.29, 1.82) is 0 Å². The van der Waals surface area contributed by atoms with Crippen molar-refractivity contribution in [2.24, 2.45) is 23.2 Å². The van der Waals surface area contributed by atoms with Crippen molar-refractivity contribution in [3.05, 3.63) is 12.2 Å². The number of terminal acetylenes is 1. The fourth-order valence-corrected chi connectivity index (χ4v) is 7.17. The Hall–Kier alpha value is -2.70. The summed E-state index contributed by atoms with van der Waals surface area (Å²) in [5.74, 6) is 5.09. The van der Waals surface area contributed by atoms with Gasteiger partial charge in [-0.25, -0.2) is 15.0 Å². The summed E-state index contributed by atoms with van der Waals surface area (Å²) in [7, 11) is 0. The van der Waals surface area contributed by atoms with Crippen molar-refractivity contribution in [3.8, 4) is 12.3 Å². The maximum absolute atomic E-state index is 13.3. The molecule has 0 amide bonds. The van der Waals surface area contributed by atoms with E-state index in [1.54, 1.807) is 17.8 Å². The first-order valence-corrected chi connectivity index (χ1v) is 11.8. The number of nitrogens with zero attached hydrogens (tertiary/aromatic N) is 4. The lowest BCUT2D eigenvalue weighted by atomic mass is 9.49. The van der Waals surface area contributed by atoms with Crippen LogP contribution >= 0.6 is 0 Å². The van der Waals surface area contributed by atoms with Gasteiger partial charge in [0.15, 0.2) is 17.1 Å². The molecule has 0 aromatic carbocycles. The van der Waals surface area contributed by atoms with E-state index in [4.69, 9.17) is 21.6 Å². The van der Waals surface area contributed by atoms with Gasteiger partial charge in [0.2, 0.25) is 0 Å². The zero-order valence-electron chi connectivity index (χ0n) is 18.7. The standard InChI is InChI=1S/C24H29N5O4/c1-3-24(11-32-22(31)23-8-14-4-15(9-23)6-16(5-14)10-23)17(30)7-18(33-24)29-12-26-19-20(25)27-13(2)28-21(19)29/h1,12,14-18,30H,4-11H2,2H3,(H2,25,27,28)/t14?,15?,16?,17-,18+,23?,24+/m0/s1. The average Bonchev–Trinajstić information content (AvgIpc) is 3.32. The van der Waals surface area contributed by atoms with Crippen molar-refractivity contribution in [2.45, 2.75) is 69.8 Å². The van der Waals surface area contributed by atoms with E-state index in [1.165, 1.54) is 19.3 Å². The number of carbonyl (C=O) groups is 1. The van der Waals surface area contributed by atoms with E-state index >= 15 is 0 Å². The highest BCUT2D eigenvalue weighted by molar-refractivity contribution is 5.81. The number of aryl methyl sites for hydroxylation is 1. The van der Waals surface area contributed by atoms with Crippen LogP contribution in [0.1, 0.15) is 57.0 Å². The van der Waals surface area contributed by atoms with Crippen molar-refractivity contribution in [2.75, 3.05) is 12.3 Å². The van der Waals surface area contributed by atoms with Gasteiger partial charge in [0.05, 0.1) is 11.7 Å². The zero-order chi connectivity index (χ0) is 23.0. The predicted molar refractivity (Wildman–Crippen MR) is 118 cm³/mol. The van der Waals surface area contributed by atoms with Crippen molar-refractivity contribution < 1.29 is 19.4 Å². The largest absolute Gasteiger partial charge is 0.461 e. The highest BCUT2D eigenvalue weighted by Gasteiger charge is 2.56. The summed E-state index contributed by atoms with van der Waals surface area (Å²) in [4.78, 5) is 26.2. The van der Waals surface area contributed by atoms with Gasteiger partial charge >= 0.3 is 5.97 Å². The lowest BCUT2D eigenvalue weighted by Gasteiger charge is -2.55. The number of nitrogens with two attached hydrogens (primary N) is 1. The Kier molecular flexibility index (Phi) is 4.52. The third-order valence-electron chi connectivity index (χ3n) is 8.31. The third kappa shape index (κ3) is 3.15. The third-order valence-corrected chi connectivity index (χ3v) is 8.31. The fraction of sp³-hybridized carbons (Fsp3) is 0.667. The maximum Gasteiger partial charge on any atom is 0.312 e. The number of anilines is 1. The van der Waals surface area contributed by atoms with Crippen LogP contribution in [0, 0.1) is 42.4 Å². The molecule has 5 aliphatic rings. The number of imidazole rings is 1. The summed E-state index contributed by atoms with van der Waals surface area (Å²) in [6, 6.07) is 0. The van der Waals surface area contributed by atoms with E-state index in [9.17, 15) is 9.90 Å². The summed E-state index contributed by atoms with van der Waals surface area (Å²) in [5.41, 5.74) is 5.13. The van der Waals surface area contributed by atoms with Crippen LogP contribution in [0.4, 0.5) is 5.82 Å². The molecule has 1 saturated heterocycles. The van der Waals surface area contributed by atoms with Crippen LogP contribution in [-0.4, -0.2) is 48.9 Å². The van der Waals surface area contributed by atoms with Gasteiger partial charge in [-0.2, -0.15) is 0 Å². The summed E-state index contributed by atoms with van der Waals surface area (Å²) >= 11 is 0. The Morgan fingerprint density at radius 3 is 2.58 bits per heavy atom. The first kappa shape index (κ1) is 20.9. The number of aliphatic hydroxyl groups is 1. The van der Waals surface area contributed by atoms with Crippen LogP contribution in [0.15, 0.2) is 6.33 Å². The molecule has 9 nitrogen and oxygen atoms in total. The van der Waals surface area contributed by atoms with Crippen LogP contribution in [0.2, 0.25) is 0 Å². The second kappa shape index (κ2) is 7.15. The molecule has 9 heteroatoms. The Labute approximate surface area is 192 Å². The van der Waals surface area contributed by atoms with Crippen LogP contribution in [0.5, 0.6) is 0 Å². The summed E-state index contributed by atoms with van der Waals surface area (Å²) in [6.07, 6.45) is 12.5. The minimum atomic E-state index is -1.42. The van der Waals surface area contributed by atoms with E-state index in [-0.39, 0.29) is 30.2 Å². The molecule has 4 bridgehead atoms. The number of fused-ring (bicyclic) bond motifs is 1. The van der Waals surface area contributed by atoms with E-state index in [2.05, 4.69) is 20.9 Å². The number of rotatable bonds is 4. The predicted octanol–water partition coefficient (Wildman–Crippen LogP) is 2.13. The highest BCUT2D eigenvalue weighted by Crippen LogP contribution is 2.60. The second-order valence-corrected chi connectivity index (χ2v) is 10.6. The van der Waals surface area contributed by atoms with Crippen LogP contribution < -0.4 is 5.73 Å².